The van der Waals surface area contributed by atoms with Crippen molar-refractivity contribution in [3.8, 4) is 0 Å². The average molecular weight is 1010 g/mol. The molecule has 73 heavy (non-hydrogen) atoms. The van der Waals surface area contributed by atoms with Gasteiger partial charge in [0.1, 0.15) is 13.2 Å². The smallest absolute Gasteiger partial charge is 0.309 e. The molecule has 0 aromatic carbocycles. The van der Waals surface area contributed by atoms with E-state index >= 15 is 0 Å². The molecule has 0 aromatic rings. The van der Waals surface area contributed by atoms with Crippen molar-refractivity contribution < 1.29 is 28.6 Å². The summed E-state index contributed by atoms with van der Waals surface area (Å²) in [6.07, 6.45) is 85.8. The quantitative estimate of drug-likeness (QED) is 0.0261. The summed E-state index contributed by atoms with van der Waals surface area (Å²) in [5, 5.41) is 0. The van der Waals surface area contributed by atoms with Crippen molar-refractivity contribution in [1.29, 1.82) is 0 Å². The molecule has 0 rings (SSSR count). The molecule has 0 amide bonds. The fourth-order valence-corrected chi connectivity index (χ4v) is 7.51. The Morgan fingerprint density at radius 3 is 0.973 bits per heavy atom. The van der Waals surface area contributed by atoms with Crippen molar-refractivity contribution in [2.24, 2.45) is 0 Å². The van der Waals surface area contributed by atoms with E-state index < -0.39 is 12.1 Å². The van der Waals surface area contributed by atoms with Crippen LogP contribution in [0, 0.1) is 0 Å². The Hall–Kier alpha value is -4.71. The molecule has 0 saturated carbocycles. The third kappa shape index (κ3) is 58.1. The summed E-state index contributed by atoms with van der Waals surface area (Å²) in [5.41, 5.74) is 0. The predicted molar refractivity (Wildman–Crippen MR) is 315 cm³/mol. The standard InChI is InChI=1S/C67H106O6/c1-4-7-10-13-16-19-22-25-28-30-32-33-35-36-39-42-45-48-51-54-57-60-66(69)72-63-64(62-71-65(68)59-56-53-50-47-44-41-38-27-24-21-18-15-12-9-6-3)73-67(70)61-58-55-52-49-46-43-40-37-34-31-29-26-23-20-17-14-11-8-5-2/h8-9,11-12,17-18,20-22,25-27,29-30,32,34,37-38,43-44,46-47,53,56,64H,4-7,10,13-16,19,23-24,28,31,33,35-36,39-42,45,48-52,54-55,57-63H2,1-3H3/b11-8-,12-9-,20-17-,21-18-,25-22-,29-26-,32-30-,37-34-,38-27-,46-43-,47-44-,56-53-. The molecule has 1 atom stereocenters. The van der Waals surface area contributed by atoms with E-state index in [-0.39, 0.29) is 38.0 Å². The van der Waals surface area contributed by atoms with E-state index in [0.717, 1.165) is 109 Å². The SMILES string of the molecule is CC/C=C\C/C=C\C/C=C\C/C=C\C/C=C\CCCCCC(=O)OC(COC(=O)C/C=C\C/C=C\C/C=C\C/C=C\C/C=C\CC)COC(=O)CCCCCCCCCCC/C=C\C/C=C\CCCCCCC. The van der Waals surface area contributed by atoms with Gasteiger partial charge in [-0.1, -0.05) is 244 Å². The molecule has 0 N–H and O–H groups in total. The van der Waals surface area contributed by atoms with Gasteiger partial charge in [0.15, 0.2) is 6.10 Å². The maximum absolute atomic E-state index is 12.9. The summed E-state index contributed by atoms with van der Waals surface area (Å²) in [4.78, 5) is 38.1. The number of hydrogen-bond donors (Lipinski definition) is 0. The molecule has 6 heteroatoms. The third-order valence-electron chi connectivity index (χ3n) is 11.8. The monoisotopic (exact) mass is 1010 g/mol. The fraction of sp³-hybridized carbons (Fsp3) is 0.597. The summed E-state index contributed by atoms with van der Waals surface area (Å²) >= 11 is 0. The van der Waals surface area contributed by atoms with Crippen LogP contribution < -0.4 is 0 Å². The highest BCUT2D eigenvalue weighted by atomic mass is 16.6. The van der Waals surface area contributed by atoms with Gasteiger partial charge in [-0.2, -0.15) is 0 Å². The molecule has 0 spiro atoms. The van der Waals surface area contributed by atoms with Crippen LogP contribution >= 0.6 is 0 Å². The predicted octanol–water partition coefficient (Wildman–Crippen LogP) is 20.0. The number of hydrogen-bond acceptors (Lipinski definition) is 6. The fourth-order valence-electron chi connectivity index (χ4n) is 7.51. The van der Waals surface area contributed by atoms with Crippen LogP contribution in [0.1, 0.15) is 239 Å². The minimum atomic E-state index is -0.844. The first-order valence-corrected chi connectivity index (χ1v) is 29.3. The molecule has 0 aromatic heterocycles. The number of ether oxygens (including phenoxy) is 3. The van der Waals surface area contributed by atoms with E-state index in [0.29, 0.717) is 12.8 Å². The number of esters is 3. The van der Waals surface area contributed by atoms with Gasteiger partial charge in [0, 0.05) is 12.8 Å². The number of carbonyl (C=O) groups excluding carboxylic acids is 3. The Bertz CT molecular complexity index is 1630. The third-order valence-corrected chi connectivity index (χ3v) is 11.8. The van der Waals surface area contributed by atoms with E-state index in [1.165, 1.54) is 83.5 Å². The van der Waals surface area contributed by atoms with Crippen LogP contribution in [0.4, 0.5) is 0 Å². The van der Waals surface area contributed by atoms with Crippen molar-refractivity contribution in [2.75, 3.05) is 13.2 Å². The van der Waals surface area contributed by atoms with Crippen LogP contribution in [-0.4, -0.2) is 37.2 Å². The van der Waals surface area contributed by atoms with Crippen LogP contribution in [0.25, 0.3) is 0 Å². The van der Waals surface area contributed by atoms with Crippen LogP contribution in [0.5, 0.6) is 0 Å². The Morgan fingerprint density at radius 2 is 0.589 bits per heavy atom. The summed E-state index contributed by atoms with van der Waals surface area (Å²) in [5.74, 6) is -1.11. The zero-order valence-corrected chi connectivity index (χ0v) is 46.8. The highest BCUT2D eigenvalue weighted by Crippen LogP contribution is 2.14. The molecule has 1 unspecified atom stereocenters. The van der Waals surface area contributed by atoms with Crippen LogP contribution in [0.3, 0.4) is 0 Å². The van der Waals surface area contributed by atoms with Crippen molar-refractivity contribution in [3.63, 3.8) is 0 Å². The minimum Gasteiger partial charge on any atom is -0.462 e. The lowest BCUT2D eigenvalue weighted by Gasteiger charge is -2.18. The van der Waals surface area contributed by atoms with Gasteiger partial charge in [0.05, 0.1) is 6.42 Å². The van der Waals surface area contributed by atoms with E-state index in [4.69, 9.17) is 14.2 Å². The number of allylic oxidation sites excluding steroid dienone is 23. The summed E-state index contributed by atoms with van der Waals surface area (Å²) < 4.78 is 16.7. The first kappa shape index (κ1) is 68.3. The maximum Gasteiger partial charge on any atom is 0.309 e. The van der Waals surface area contributed by atoms with Gasteiger partial charge in [0.2, 0.25) is 0 Å². The van der Waals surface area contributed by atoms with Gasteiger partial charge < -0.3 is 14.2 Å². The van der Waals surface area contributed by atoms with Gasteiger partial charge >= 0.3 is 17.9 Å². The second-order valence-electron chi connectivity index (χ2n) is 18.8. The molecule has 6 nitrogen and oxygen atoms in total. The molecule has 0 aliphatic rings. The van der Waals surface area contributed by atoms with Crippen molar-refractivity contribution >= 4 is 17.9 Å². The number of unbranched alkanes of at least 4 members (excludes halogenated alkanes) is 17. The molecule has 0 heterocycles. The zero-order valence-electron chi connectivity index (χ0n) is 46.8. The largest absolute Gasteiger partial charge is 0.462 e. The second-order valence-corrected chi connectivity index (χ2v) is 18.8. The molecule has 0 radical (unpaired) electrons. The second kappa shape index (κ2) is 59.8. The zero-order chi connectivity index (χ0) is 52.9. The molecule has 0 fully saturated rings. The topological polar surface area (TPSA) is 78.9 Å². The Balaban J connectivity index is 4.55. The molecule has 0 aliphatic heterocycles. The van der Waals surface area contributed by atoms with Gasteiger partial charge in [-0.15, -0.1) is 0 Å². The highest BCUT2D eigenvalue weighted by molar-refractivity contribution is 5.72. The van der Waals surface area contributed by atoms with Gasteiger partial charge in [-0.05, 0) is 122 Å². The molecule has 0 aliphatic carbocycles. The Morgan fingerprint density at radius 1 is 0.301 bits per heavy atom. The molecule has 410 valence electrons. The molecule has 0 bridgehead atoms. The normalized spacial score (nSPS) is 13.2. The average Bonchev–Trinajstić information content (AvgIpc) is 3.39. The first-order chi connectivity index (χ1) is 36.0. The molecular weight excluding hydrogens is 901 g/mol. The van der Waals surface area contributed by atoms with Crippen LogP contribution in [0.15, 0.2) is 146 Å². The van der Waals surface area contributed by atoms with Crippen molar-refractivity contribution in [1.82, 2.24) is 0 Å². The van der Waals surface area contributed by atoms with Crippen LogP contribution in [0.2, 0.25) is 0 Å². The Labute approximate surface area is 448 Å². The van der Waals surface area contributed by atoms with E-state index in [1.807, 2.05) is 6.08 Å². The van der Waals surface area contributed by atoms with E-state index in [1.54, 1.807) is 6.08 Å². The van der Waals surface area contributed by atoms with Gasteiger partial charge in [-0.3, -0.25) is 14.4 Å². The number of rotatable bonds is 51. The Kier molecular flexibility index (Phi) is 56.0. The highest BCUT2D eigenvalue weighted by Gasteiger charge is 2.19. The minimum absolute atomic E-state index is 0.112. The summed E-state index contributed by atoms with van der Waals surface area (Å²) in [6, 6.07) is 0. The lowest BCUT2D eigenvalue weighted by atomic mass is 10.1. The summed E-state index contributed by atoms with van der Waals surface area (Å²) in [6.45, 7) is 6.27. The first-order valence-electron chi connectivity index (χ1n) is 29.3. The molecule has 0 saturated heterocycles. The lowest BCUT2D eigenvalue weighted by molar-refractivity contribution is -0.166. The maximum atomic E-state index is 12.9. The van der Waals surface area contributed by atoms with Crippen molar-refractivity contribution in [3.05, 3.63) is 146 Å². The van der Waals surface area contributed by atoms with Crippen LogP contribution in [-0.2, 0) is 28.6 Å². The van der Waals surface area contributed by atoms with Gasteiger partial charge in [-0.25, -0.2) is 0 Å². The van der Waals surface area contributed by atoms with E-state index in [2.05, 4.69) is 154 Å². The number of carbonyl (C=O) groups is 3. The van der Waals surface area contributed by atoms with E-state index in [9.17, 15) is 14.4 Å². The van der Waals surface area contributed by atoms with Gasteiger partial charge in [0.25, 0.3) is 0 Å². The van der Waals surface area contributed by atoms with Crippen molar-refractivity contribution in [2.45, 2.75) is 245 Å². The molecular formula is C67H106O6. The lowest BCUT2D eigenvalue weighted by Crippen LogP contribution is -2.30. The summed E-state index contributed by atoms with van der Waals surface area (Å²) in [7, 11) is 0.